The molecule has 0 aliphatic rings. The summed E-state index contributed by atoms with van der Waals surface area (Å²) in [5.74, 6) is 0.864. The lowest BCUT2D eigenvalue weighted by atomic mass is 10.1. The Morgan fingerprint density at radius 1 is 1.19 bits per heavy atom. The lowest BCUT2D eigenvalue weighted by molar-refractivity contribution is -0.119. The van der Waals surface area contributed by atoms with Crippen molar-refractivity contribution in [2.75, 3.05) is 0 Å². The first kappa shape index (κ1) is 13.8. The van der Waals surface area contributed by atoms with Crippen LogP contribution in [0.25, 0.3) is 22.4 Å². The minimum Gasteiger partial charge on any atom is -0.314 e. The Bertz CT molecular complexity index is 823. The molecule has 1 atom stereocenters. The van der Waals surface area contributed by atoms with Crippen LogP contribution in [0.4, 0.5) is 0 Å². The molecule has 0 saturated heterocycles. The fraction of sp³-hybridized carbons (Fsp3) is 0.176. The number of hydrogen-bond acceptors (Lipinski definition) is 2. The molecule has 0 fully saturated rings. The van der Waals surface area contributed by atoms with Crippen molar-refractivity contribution in [2.45, 2.75) is 19.9 Å². The quantitative estimate of drug-likeness (QED) is 0.713. The van der Waals surface area contributed by atoms with Gasteiger partial charge in [0.25, 0.3) is 0 Å². The maximum atomic E-state index is 11.9. The first-order chi connectivity index (χ1) is 10.1. The van der Waals surface area contributed by atoms with E-state index in [0.29, 0.717) is 5.02 Å². The number of fused-ring (bicyclic) bond motifs is 1. The Hall–Kier alpha value is -2.13. The third-order valence-electron chi connectivity index (χ3n) is 3.65. The van der Waals surface area contributed by atoms with Gasteiger partial charge in [-0.15, -0.1) is 0 Å². The highest BCUT2D eigenvalue weighted by molar-refractivity contribution is 6.30. The smallest absolute Gasteiger partial charge is 0.152 e. The van der Waals surface area contributed by atoms with Gasteiger partial charge in [0.15, 0.2) is 5.78 Å². The van der Waals surface area contributed by atoms with Crippen molar-refractivity contribution < 1.29 is 4.79 Å². The van der Waals surface area contributed by atoms with E-state index < -0.39 is 0 Å². The van der Waals surface area contributed by atoms with E-state index in [1.165, 1.54) is 0 Å². The van der Waals surface area contributed by atoms with Crippen LogP contribution in [0.5, 0.6) is 0 Å². The molecule has 0 N–H and O–H groups in total. The monoisotopic (exact) mass is 298 g/mol. The third-order valence-corrected chi connectivity index (χ3v) is 3.89. The van der Waals surface area contributed by atoms with E-state index in [9.17, 15) is 4.79 Å². The van der Waals surface area contributed by atoms with Gasteiger partial charge in [0, 0.05) is 10.6 Å². The predicted molar refractivity (Wildman–Crippen MR) is 85.6 cm³/mol. The van der Waals surface area contributed by atoms with Crippen LogP contribution in [0.3, 0.4) is 0 Å². The van der Waals surface area contributed by atoms with Crippen LogP contribution in [-0.2, 0) is 4.79 Å². The van der Waals surface area contributed by atoms with Gasteiger partial charge in [0.1, 0.15) is 5.82 Å². The highest BCUT2D eigenvalue weighted by Crippen LogP contribution is 2.29. The SMILES string of the molecule is CC(=O)C(C)n1c(-c2cccc(Cl)c2)nc2ccccc21. The topological polar surface area (TPSA) is 34.9 Å². The second kappa shape index (κ2) is 5.34. The van der Waals surface area contributed by atoms with E-state index >= 15 is 0 Å². The molecule has 0 saturated carbocycles. The molecule has 1 heterocycles. The largest absolute Gasteiger partial charge is 0.314 e. The molecule has 0 bridgehead atoms. The molecule has 0 spiro atoms. The Labute approximate surface area is 128 Å². The Balaban J connectivity index is 2.31. The number of rotatable bonds is 3. The Kier molecular flexibility index (Phi) is 3.52. The zero-order valence-electron chi connectivity index (χ0n) is 11.9. The van der Waals surface area contributed by atoms with Gasteiger partial charge in [-0.3, -0.25) is 4.79 Å². The molecule has 1 unspecified atom stereocenters. The van der Waals surface area contributed by atoms with Crippen LogP contribution >= 0.6 is 11.6 Å². The number of para-hydroxylation sites is 2. The summed E-state index contributed by atoms with van der Waals surface area (Å²) < 4.78 is 1.98. The molecule has 4 heteroatoms. The number of hydrogen-bond donors (Lipinski definition) is 0. The van der Waals surface area contributed by atoms with Crippen molar-refractivity contribution >= 4 is 28.4 Å². The lowest BCUT2D eigenvalue weighted by Gasteiger charge is -2.15. The van der Waals surface area contributed by atoms with E-state index in [-0.39, 0.29) is 11.8 Å². The van der Waals surface area contributed by atoms with Gasteiger partial charge in [0.05, 0.1) is 17.1 Å². The minimum absolute atomic E-state index is 0.0985. The fourth-order valence-electron chi connectivity index (χ4n) is 2.45. The van der Waals surface area contributed by atoms with Crippen molar-refractivity contribution in [1.82, 2.24) is 9.55 Å². The van der Waals surface area contributed by atoms with Gasteiger partial charge in [0.2, 0.25) is 0 Å². The molecule has 1 aromatic heterocycles. The highest BCUT2D eigenvalue weighted by atomic mass is 35.5. The molecule has 0 amide bonds. The van der Waals surface area contributed by atoms with Crippen molar-refractivity contribution in [2.24, 2.45) is 0 Å². The van der Waals surface area contributed by atoms with E-state index in [0.717, 1.165) is 22.4 Å². The molecular formula is C17H15ClN2O. The first-order valence-corrected chi connectivity index (χ1v) is 7.19. The number of aromatic nitrogens is 2. The summed E-state index contributed by atoms with van der Waals surface area (Å²) in [5, 5.41) is 0.654. The summed E-state index contributed by atoms with van der Waals surface area (Å²) in [5.41, 5.74) is 2.74. The number of benzene rings is 2. The molecule has 3 nitrogen and oxygen atoms in total. The van der Waals surface area contributed by atoms with Crippen molar-refractivity contribution in [3.05, 3.63) is 53.6 Å². The van der Waals surface area contributed by atoms with Gasteiger partial charge < -0.3 is 4.57 Å². The van der Waals surface area contributed by atoms with Crippen molar-refractivity contribution in [3.8, 4) is 11.4 Å². The van der Waals surface area contributed by atoms with Crippen LogP contribution in [0.15, 0.2) is 48.5 Å². The number of Topliss-reactive ketones (excluding diaryl/α,β-unsaturated/α-hetero) is 1. The Morgan fingerprint density at radius 3 is 2.67 bits per heavy atom. The zero-order chi connectivity index (χ0) is 15.0. The number of nitrogens with zero attached hydrogens (tertiary/aromatic N) is 2. The van der Waals surface area contributed by atoms with Crippen LogP contribution in [0.1, 0.15) is 19.9 Å². The molecule has 0 radical (unpaired) electrons. The summed E-state index contributed by atoms with van der Waals surface area (Å²) >= 11 is 6.08. The number of carbonyl (C=O) groups excluding carboxylic acids is 1. The molecule has 21 heavy (non-hydrogen) atoms. The standard InChI is InChI=1S/C17H15ClN2O/c1-11(12(2)21)20-16-9-4-3-8-15(16)19-17(20)13-6-5-7-14(18)10-13/h3-11H,1-2H3. The van der Waals surface area contributed by atoms with Crippen molar-refractivity contribution in [1.29, 1.82) is 0 Å². The molecule has 0 aliphatic carbocycles. The van der Waals surface area contributed by atoms with Crippen LogP contribution in [-0.4, -0.2) is 15.3 Å². The van der Waals surface area contributed by atoms with E-state index in [1.54, 1.807) is 6.92 Å². The summed E-state index contributed by atoms with van der Waals surface area (Å²) in [6, 6.07) is 15.1. The molecular weight excluding hydrogens is 284 g/mol. The van der Waals surface area contributed by atoms with Crippen LogP contribution < -0.4 is 0 Å². The number of ketones is 1. The zero-order valence-corrected chi connectivity index (χ0v) is 12.6. The second-order valence-corrected chi connectivity index (χ2v) is 5.53. The van der Waals surface area contributed by atoms with Gasteiger partial charge in [-0.1, -0.05) is 35.9 Å². The van der Waals surface area contributed by atoms with E-state index in [1.807, 2.05) is 60.0 Å². The van der Waals surface area contributed by atoms with E-state index in [2.05, 4.69) is 4.98 Å². The Morgan fingerprint density at radius 2 is 1.95 bits per heavy atom. The average molecular weight is 299 g/mol. The van der Waals surface area contributed by atoms with Crippen molar-refractivity contribution in [3.63, 3.8) is 0 Å². The van der Waals surface area contributed by atoms with Crippen LogP contribution in [0.2, 0.25) is 5.02 Å². The molecule has 3 aromatic rings. The normalized spacial score (nSPS) is 12.5. The summed E-state index contributed by atoms with van der Waals surface area (Å²) in [4.78, 5) is 16.5. The van der Waals surface area contributed by atoms with Gasteiger partial charge in [-0.2, -0.15) is 0 Å². The van der Waals surface area contributed by atoms with Gasteiger partial charge >= 0.3 is 0 Å². The van der Waals surface area contributed by atoms with Gasteiger partial charge in [-0.25, -0.2) is 4.98 Å². The van der Waals surface area contributed by atoms with E-state index in [4.69, 9.17) is 11.6 Å². The summed E-state index contributed by atoms with van der Waals surface area (Å²) in [6.07, 6.45) is 0. The summed E-state index contributed by atoms with van der Waals surface area (Å²) in [6.45, 7) is 3.49. The first-order valence-electron chi connectivity index (χ1n) is 6.81. The number of carbonyl (C=O) groups is 1. The molecule has 3 rings (SSSR count). The minimum atomic E-state index is -0.272. The second-order valence-electron chi connectivity index (χ2n) is 5.09. The van der Waals surface area contributed by atoms with Crippen LogP contribution in [0, 0.1) is 0 Å². The maximum absolute atomic E-state index is 11.9. The highest BCUT2D eigenvalue weighted by Gasteiger charge is 2.19. The predicted octanol–water partition coefficient (Wildman–Crippen LogP) is 4.51. The molecule has 2 aromatic carbocycles. The molecule has 106 valence electrons. The summed E-state index contributed by atoms with van der Waals surface area (Å²) in [7, 11) is 0. The average Bonchev–Trinajstić information content (AvgIpc) is 2.85. The maximum Gasteiger partial charge on any atom is 0.152 e. The third kappa shape index (κ3) is 2.45. The number of halogens is 1. The number of imidazole rings is 1. The van der Waals surface area contributed by atoms with Gasteiger partial charge in [-0.05, 0) is 38.1 Å². The fourth-order valence-corrected chi connectivity index (χ4v) is 2.64. The molecule has 0 aliphatic heterocycles. The lowest BCUT2D eigenvalue weighted by Crippen LogP contribution is -2.14.